The van der Waals surface area contributed by atoms with Gasteiger partial charge in [-0.25, -0.2) is 4.79 Å². The van der Waals surface area contributed by atoms with E-state index in [-0.39, 0.29) is 23.9 Å². The van der Waals surface area contributed by atoms with Crippen LogP contribution in [0.15, 0.2) is 42.5 Å². The molecule has 0 aliphatic heterocycles. The molecule has 0 spiro atoms. The zero-order valence-electron chi connectivity index (χ0n) is 13.6. The Hall–Kier alpha value is -2.64. The van der Waals surface area contributed by atoms with Crippen molar-refractivity contribution in [3.05, 3.63) is 68.2 Å². The highest BCUT2D eigenvalue weighted by Crippen LogP contribution is 2.37. The third-order valence-electron chi connectivity index (χ3n) is 3.41. The van der Waals surface area contributed by atoms with Crippen LogP contribution >= 0.6 is 23.2 Å². The first kappa shape index (κ1) is 19.7. The SMILES string of the molecule is CCOC(=O)C(=O)N(Cc1ccccc1Cl)c1c(Cl)cccc1[N+](=O)[O-]. The normalized spacial score (nSPS) is 10.3. The molecule has 0 N–H and O–H groups in total. The standard InChI is InChI=1S/C17H14Cl2N2O5/c1-2-26-17(23)16(22)20(10-11-6-3-4-7-12(11)18)15-13(19)8-5-9-14(15)21(24)25/h3-9H,2,10H2,1H3. The van der Waals surface area contributed by atoms with Crippen LogP contribution in [0.3, 0.4) is 0 Å². The Bertz CT molecular complexity index is 857. The number of hydrogen-bond acceptors (Lipinski definition) is 5. The molecule has 0 bridgehead atoms. The summed E-state index contributed by atoms with van der Waals surface area (Å²) in [4.78, 5) is 36.2. The molecule has 0 aliphatic carbocycles. The highest BCUT2D eigenvalue weighted by Gasteiger charge is 2.32. The van der Waals surface area contributed by atoms with E-state index in [0.29, 0.717) is 10.6 Å². The topological polar surface area (TPSA) is 89.8 Å². The van der Waals surface area contributed by atoms with E-state index in [1.807, 2.05) is 0 Å². The number of ether oxygens (including phenoxy) is 1. The van der Waals surface area contributed by atoms with Crippen LogP contribution in [0.2, 0.25) is 10.0 Å². The lowest BCUT2D eigenvalue weighted by atomic mass is 10.1. The van der Waals surface area contributed by atoms with Crippen molar-refractivity contribution in [1.82, 2.24) is 0 Å². The zero-order chi connectivity index (χ0) is 19.3. The molecular formula is C17H14Cl2N2O5. The van der Waals surface area contributed by atoms with Crippen LogP contribution in [0.1, 0.15) is 12.5 Å². The molecular weight excluding hydrogens is 383 g/mol. The van der Waals surface area contributed by atoms with E-state index < -0.39 is 22.5 Å². The van der Waals surface area contributed by atoms with E-state index in [0.717, 1.165) is 4.90 Å². The molecule has 2 aromatic rings. The maximum Gasteiger partial charge on any atom is 0.397 e. The van der Waals surface area contributed by atoms with Gasteiger partial charge in [0.05, 0.1) is 23.1 Å². The smallest absolute Gasteiger partial charge is 0.397 e. The number of para-hydroxylation sites is 1. The monoisotopic (exact) mass is 396 g/mol. The fraction of sp³-hybridized carbons (Fsp3) is 0.176. The number of nitro groups is 1. The number of hydrogen-bond donors (Lipinski definition) is 0. The quantitative estimate of drug-likeness (QED) is 0.329. The average molecular weight is 397 g/mol. The summed E-state index contributed by atoms with van der Waals surface area (Å²) in [7, 11) is 0. The molecule has 9 heteroatoms. The molecule has 0 unspecified atom stereocenters. The minimum absolute atomic E-state index is 0.0187. The Morgan fingerprint density at radius 3 is 2.38 bits per heavy atom. The van der Waals surface area contributed by atoms with Crippen LogP contribution in [0.4, 0.5) is 11.4 Å². The van der Waals surface area contributed by atoms with Crippen LogP contribution in [0, 0.1) is 10.1 Å². The number of rotatable bonds is 5. The minimum Gasteiger partial charge on any atom is -0.459 e. The van der Waals surface area contributed by atoms with Gasteiger partial charge in [-0.1, -0.05) is 47.5 Å². The Kier molecular flexibility index (Phi) is 6.54. The molecule has 0 saturated carbocycles. The minimum atomic E-state index is -1.14. The van der Waals surface area contributed by atoms with Gasteiger partial charge in [0, 0.05) is 11.1 Å². The highest BCUT2D eigenvalue weighted by molar-refractivity contribution is 6.41. The van der Waals surface area contributed by atoms with Crippen molar-refractivity contribution in [2.75, 3.05) is 11.5 Å². The number of amides is 1. The largest absolute Gasteiger partial charge is 0.459 e. The summed E-state index contributed by atoms with van der Waals surface area (Å²) < 4.78 is 4.74. The lowest BCUT2D eigenvalue weighted by Gasteiger charge is -2.23. The molecule has 0 aromatic heterocycles. The molecule has 2 aromatic carbocycles. The van der Waals surface area contributed by atoms with E-state index in [2.05, 4.69) is 0 Å². The number of carbonyl (C=O) groups is 2. The van der Waals surface area contributed by atoms with Crippen LogP contribution in [0.25, 0.3) is 0 Å². The van der Waals surface area contributed by atoms with E-state index in [1.54, 1.807) is 31.2 Å². The molecule has 26 heavy (non-hydrogen) atoms. The van der Waals surface area contributed by atoms with Crippen molar-refractivity contribution >= 4 is 46.5 Å². The van der Waals surface area contributed by atoms with Gasteiger partial charge < -0.3 is 4.74 Å². The number of anilines is 1. The van der Waals surface area contributed by atoms with Crippen LogP contribution in [0.5, 0.6) is 0 Å². The molecule has 0 radical (unpaired) electrons. The van der Waals surface area contributed by atoms with Gasteiger partial charge in [0.1, 0.15) is 5.69 Å². The Balaban J connectivity index is 2.58. The van der Waals surface area contributed by atoms with Gasteiger partial charge in [-0.15, -0.1) is 0 Å². The predicted octanol–water partition coefficient (Wildman–Crippen LogP) is 4.00. The first-order valence-corrected chi connectivity index (χ1v) is 8.27. The first-order chi connectivity index (χ1) is 12.4. The van der Waals surface area contributed by atoms with Crippen molar-refractivity contribution in [2.45, 2.75) is 13.5 Å². The molecule has 136 valence electrons. The Labute approximate surface area is 159 Å². The summed E-state index contributed by atoms with van der Waals surface area (Å²) >= 11 is 12.2. The van der Waals surface area contributed by atoms with Crippen molar-refractivity contribution in [1.29, 1.82) is 0 Å². The van der Waals surface area contributed by atoms with Gasteiger partial charge in [-0.3, -0.25) is 19.8 Å². The number of nitrogens with zero attached hydrogens (tertiary/aromatic N) is 2. The van der Waals surface area contributed by atoms with E-state index in [4.69, 9.17) is 27.9 Å². The Morgan fingerprint density at radius 2 is 1.77 bits per heavy atom. The molecule has 7 nitrogen and oxygen atoms in total. The summed E-state index contributed by atoms with van der Waals surface area (Å²) in [6.07, 6.45) is 0. The average Bonchev–Trinajstić information content (AvgIpc) is 2.61. The van der Waals surface area contributed by atoms with Gasteiger partial charge >= 0.3 is 11.9 Å². The molecule has 0 aliphatic rings. The van der Waals surface area contributed by atoms with E-state index in [1.165, 1.54) is 18.2 Å². The summed E-state index contributed by atoms with van der Waals surface area (Å²) in [5.74, 6) is -2.23. The fourth-order valence-corrected chi connectivity index (χ4v) is 2.74. The van der Waals surface area contributed by atoms with Gasteiger partial charge in [-0.05, 0) is 24.6 Å². The first-order valence-electron chi connectivity index (χ1n) is 7.51. The van der Waals surface area contributed by atoms with Crippen LogP contribution < -0.4 is 4.90 Å². The van der Waals surface area contributed by atoms with Crippen molar-refractivity contribution in [2.24, 2.45) is 0 Å². The van der Waals surface area contributed by atoms with Crippen LogP contribution in [-0.2, 0) is 20.9 Å². The second kappa shape index (κ2) is 8.64. The van der Waals surface area contributed by atoms with Crippen molar-refractivity contribution < 1.29 is 19.2 Å². The van der Waals surface area contributed by atoms with Gasteiger partial charge in [0.2, 0.25) is 0 Å². The summed E-state index contributed by atoms with van der Waals surface area (Å²) in [6.45, 7) is 1.33. The summed E-state index contributed by atoms with van der Waals surface area (Å²) in [5, 5.41) is 11.7. The zero-order valence-corrected chi connectivity index (χ0v) is 15.2. The fourth-order valence-electron chi connectivity index (χ4n) is 2.27. The molecule has 0 atom stereocenters. The lowest BCUT2D eigenvalue weighted by Crippen LogP contribution is -2.38. The summed E-state index contributed by atoms with van der Waals surface area (Å²) in [5.41, 5.74) is -0.125. The molecule has 2 rings (SSSR count). The van der Waals surface area contributed by atoms with E-state index in [9.17, 15) is 19.7 Å². The second-order valence-corrected chi connectivity index (χ2v) is 5.88. The molecule has 1 amide bonds. The number of esters is 1. The van der Waals surface area contributed by atoms with Crippen molar-refractivity contribution in [3.63, 3.8) is 0 Å². The van der Waals surface area contributed by atoms with Gasteiger partial charge in [0.25, 0.3) is 5.69 Å². The maximum atomic E-state index is 12.6. The van der Waals surface area contributed by atoms with Gasteiger partial charge in [-0.2, -0.15) is 0 Å². The number of carbonyl (C=O) groups excluding carboxylic acids is 2. The third kappa shape index (κ3) is 4.30. The van der Waals surface area contributed by atoms with E-state index >= 15 is 0 Å². The molecule has 0 saturated heterocycles. The second-order valence-electron chi connectivity index (χ2n) is 5.07. The van der Waals surface area contributed by atoms with Gasteiger partial charge in [0.15, 0.2) is 0 Å². The van der Waals surface area contributed by atoms with Crippen LogP contribution in [-0.4, -0.2) is 23.4 Å². The Morgan fingerprint density at radius 1 is 1.12 bits per heavy atom. The highest BCUT2D eigenvalue weighted by atomic mass is 35.5. The predicted molar refractivity (Wildman–Crippen MR) is 97.4 cm³/mol. The molecule has 0 fully saturated rings. The molecule has 0 heterocycles. The number of halogens is 2. The lowest BCUT2D eigenvalue weighted by molar-refractivity contribution is -0.384. The number of nitro benzene ring substituents is 1. The third-order valence-corrected chi connectivity index (χ3v) is 4.09. The summed E-state index contributed by atoms with van der Waals surface area (Å²) in [6, 6.07) is 10.6. The van der Waals surface area contributed by atoms with Crippen molar-refractivity contribution in [3.8, 4) is 0 Å². The number of benzene rings is 2. The maximum absolute atomic E-state index is 12.6.